The van der Waals surface area contributed by atoms with E-state index in [1.807, 2.05) is 43.3 Å². The molecule has 0 aliphatic rings. The number of halogens is 1. The van der Waals surface area contributed by atoms with E-state index < -0.39 is 5.82 Å². The molecule has 0 bridgehead atoms. The Hall–Kier alpha value is -3.93. The van der Waals surface area contributed by atoms with Gasteiger partial charge in [-0.05, 0) is 54.3 Å². The molecule has 1 amide bonds. The molecule has 0 saturated carbocycles. The molecule has 1 heterocycles. The summed E-state index contributed by atoms with van der Waals surface area (Å²) >= 11 is 0. The fraction of sp³-hybridized carbons (Fsp3) is 0.154. The number of H-pyrrole nitrogens is 1. The molecule has 6 heteroatoms. The molecule has 0 unspecified atom stereocenters. The summed E-state index contributed by atoms with van der Waals surface area (Å²) in [6, 6.07) is 20.6. The topological polar surface area (TPSA) is 62.4 Å². The number of methoxy groups -OCH3 is 1. The van der Waals surface area contributed by atoms with Crippen LogP contribution in [0.2, 0.25) is 0 Å². The van der Waals surface area contributed by atoms with E-state index in [4.69, 9.17) is 4.74 Å². The number of hydrogen-bond acceptors (Lipinski definition) is 3. The van der Waals surface area contributed by atoms with Crippen LogP contribution in [0.25, 0.3) is 10.9 Å². The number of aryl methyl sites for hydroxylation is 1. The highest BCUT2D eigenvalue weighted by atomic mass is 19.1. The summed E-state index contributed by atoms with van der Waals surface area (Å²) < 4.78 is 19.0. The van der Waals surface area contributed by atoms with E-state index in [0.29, 0.717) is 16.8 Å². The van der Waals surface area contributed by atoms with Gasteiger partial charge < -0.3 is 14.6 Å². The summed E-state index contributed by atoms with van der Waals surface area (Å²) in [5, 5.41) is 0.828. The first-order valence-corrected chi connectivity index (χ1v) is 10.2. The predicted octanol–water partition coefficient (Wildman–Crippen LogP) is 4.83. The summed E-state index contributed by atoms with van der Waals surface area (Å²) in [6.07, 6.45) is 0. The maximum atomic E-state index is 13.8. The summed E-state index contributed by atoms with van der Waals surface area (Å²) in [7, 11) is 1.56. The van der Waals surface area contributed by atoms with Gasteiger partial charge in [0.25, 0.3) is 11.5 Å². The van der Waals surface area contributed by atoms with Gasteiger partial charge in [-0.15, -0.1) is 0 Å². The van der Waals surface area contributed by atoms with Gasteiger partial charge in [-0.1, -0.05) is 35.9 Å². The standard InChI is InChI=1S/C26H23FN2O3/c1-17-6-8-18(9-7-17)15-29(26(31)20-4-3-5-22(27)13-20)16-21-12-19-10-11-23(32-2)14-24(19)28-25(21)30/h3-14H,15-16H2,1-2H3,(H,28,30). The number of amides is 1. The second kappa shape index (κ2) is 9.06. The number of carbonyl (C=O) groups excluding carboxylic acids is 1. The van der Waals surface area contributed by atoms with E-state index in [2.05, 4.69) is 4.98 Å². The van der Waals surface area contributed by atoms with E-state index in [1.165, 1.54) is 18.2 Å². The van der Waals surface area contributed by atoms with Crippen molar-refractivity contribution in [2.45, 2.75) is 20.0 Å². The van der Waals surface area contributed by atoms with Crippen molar-refractivity contribution in [2.24, 2.45) is 0 Å². The zero-order chi connectivity index (χ0) is 22.7. The van der Waals surface area contributed by atoms with Crippen molar-refractivity contribution in [1.29, 1.82) is 0 Å². The lowest BCUT2D eigenvalue weighted by Crippen LogP contribution is -2.32. The maximum absolute atomic E-state index is 13.8. The zero-order valence-corrected chi connectivity index (χ0v) is 17.9. The Morgan fingerprint density at radius 3 is 2.50 bits per heavy atom. The molecule has 0 radical (unpaired) electrons. The Balaban J connectivity index is 1.70. The third kappa shape index (κ3) is 4.70. The van der Waals surface area contributed by atoms with Crippen molar-refractivity contribution in [2.75, 3.05) is 7.11 Å². The van der Waals surface area contributed by atoms with Crippen LogP contribution in [0.4, 0.5) is 4.39 Å². The Bertz CT molecular complexity index is 1330. The van der Waals surface area contributed by atoms with Crippen molar-refractivity contribution in [1.82, 2.24) is 9.88 Å². The molecule has 1 N–H and O–H groups in total. The molecule has 0 saturated heterocycles. The molecule has 0 spiro atoms. The summed E-state index contributed by atoms with van der Waals surface area (Å²) in [6.45, 7) is 2.36. The smallest absolute Gasteiger partial charge is 0.254 e. The van der Waals surface area contributed by atoms with Gasteiger partial charge in [0.05, 0.1) is 19.2 Å². The number of rotatable bonds is 6. The SMILES string of the molecule is COc1ccc2cc(CN(Cc3ccc(C)cc3)C(=O)c3cccc(F)c3)c(=O)[nH]c2c1. The van der Waals surface area contributed by atoms with Crippen LogP contribution in [0, 0.1) is 12.7 Å². The number of nitrogens with one attached hydrogen (secondary N) is 1. The van der Waals surface area contributed by atoms with Crippen LogP contribution in [-0.2, 0) is 13.1 Å². The Labute approximate surface area is 185 Å². The van der Waals surface area contributed by atoms with Crippen molar-refractivity contribution in [3.63, 3.8) is 0 Å². The highest BCUT2D eigenvalue weighted by Gasteiger charge is 2.19. The van der Waals surface area contributed by atoms with Crippen LogP contribution >= 0.6 is 0 Å². The third-order valence-corrected chi connectivity index (χ3v) is 5.34. The summed E-state index contributed by atoms with van der Waals surface area (Å²) in [4.78, 5) is 30.5. The first-order chi connectivity index (χ1) is 15.4. The lowest BCUT2D eigenvalue weighted by molar-refractivity contribution is 0.0729. The van der Waals surface area contributed by atoms with E-state index in [0.717, 1.165) is 16.5 Å². The maximum Gasteiger partial charge on any atom is 0.254 e. The number of benzene rings is 3. The van der Waals surface area contributed by atoms with E-state index in [-0.39, 0.29) is 30.1 Å². The number of pyridine rings is 1. The first-order valence-electron chi connectivity index (χ1n) is 10.2. The summed E-state index contributed by atoms with van der Waals surface area (Å²) in [5.41, 5.74) is 3.07. The molecule has 0 aliphatic heterocycles. The number of aromatic amines is 1. The van der Waals surface area contributed by atoms with E-state index >= 15 is 0 Å². The number of nitrogens with zero attached hydrogens (tertiary/aromatic N) is 1. The largest absolute Gasteiger partial charge is 0.497 e. The number of carbonyl (C=O) groups is 1. The molecule has 1 aromatic heterocycles. The fourth-order valence-electron chi connectivity index (χ4n) is 3.59. The van der Waals surface area contributed by atoms with Crippen LogP contribution in [0.15, 0.2) is 77.6 Å². The minimum atomic E-state index is -0.483. The molecule has 0 aliphatic carbocycles. The molecule has 0 atom stereocenters. The van der Waals surface area contributed by atoms with E-state index in [9.17, 15) is 14.0 Å². The number of hydrogen-bond donors (Lipinski definition) is 1. The molecule has 32 heavy (non-hydrogen) atoms. The summed E-state index contributed by atoms with van der Waals surface area (Å²) in [5.74, 6) is -0.189. The van der Waals surface area contributed by atoms with Gasteiger partial charge in [0.15, 0.2) is 0 Å². The number of fused-ring (bicyclic) bond motifs is 1. The van der Waals surface area contributed by atoms with Gasteiger partial charge in [-0.3, -0.25) is 9.59 Å². The van der Waals surface area contributed by atoms with Gasteiger partial charge in [0.1, 0.15) is 11.6 Å². The average molecular weight is 430 g/mol. The minimum Gasteiger partial charge on any atom is -0.497 e. The van der Waals surface area contributed by atoms with Crippen LogP contribution in [0.3, 0.4) is 0 Å². The molecule has 0 fully saturated rings. The van der Waals surface area contributed by atoms with Gasteiger partial charge in [0.2, 0.25) is 0 Å². The highest BCUT2D eigenvalue weighted by molar-refractivity contribution is 5.94. The van der Waals surface area contributed by atoms with Crippen LogP contribution in [-0.4, -0.2) is 22.9 Å². The van der Waals surface area contributed by atoms with Crippen molar-refractivity contribution in [3.05, 3.63) is 111 Å². The molecule has 3 aromatic carbocycles. The Morgan fingerprint density at radius 1 is 1.00 bits per heavy atom. The predicted molar refractivity (Wildman–Crippen MR) is 122 cm³/mol. The second-order valence-electron chi connectivity index (χ2n) is 7.73. The normalized spacial score (nSPS) is 10.8. The Kier molecular flexibility index (Phi) is 6.03. The lowest BCUT2D eigenvalue weighted by atomic mass is 10.1. The number of aromatic nitrogens is 1. The molecule has 4 aromatic rings. The third-order valence-electron chi connectivity index (χ3n) is 5.34. The van der Waals surface area contributed by atoms with E-state index in [1.54, 1.807) is 30.2 Å². The van der Waals surface area contributed by atoms with Gasteiger partial charge in [-0.25, -0.2) is 4.39 Å². The molecular weight excluding hydrogens is 407 g/mol. The average Bonchev–Trinajstić information content (AvgIpc) is 2.79. The van der Waals surface area contributed by atoms with Crippen LogP contribution < -0.4 is 10.3 Å². The van der Waals surface area contributed by atoms with Gasteiger partial charge in [-0.2, -0.15) is 0 Å². The molecule has 162 valence electrons. The monoisotopic (exact) mass is 430 g/mol. The zero-order valence-electron chi connectivity index (χ0n) is 17.9. The van der Waals surface area contributed by atoms with Gasteiger partial charge >= 0.3 is 0 Å². The fourth-order valence-corrected chi connectivity index (χ4v) is 3.59. The molecular formula is C26H23FN2O3. The first kappa shape index (κ1) is 21.3. The molecule has 4 rings (SSSR count). The van der Waals surface area contributed by atoms with Crippen LogP contribution in [0.5, 0.6) is 5.75 Å². The van der Waals surface area contributed by atoms with Crippen LogP contribution in [0.1, 0.15) is 27.0 Å². The van der Waals surface area contributed by atoms with Crippen molar-refractivity contribution < 1.29 is 13.9 Å². The molecule has 5 nitrogen and oxygen atoms in total. The Morgan fingerprint density at radius 2 is 1.78 bits per heavy atom. The lowest BCUT2D eigenvalue weighted by Gasteiger charge is -2.23. The number of ether oxygens (including phenoxy) is 1. The minimum absolute atomic E-state index is 0.0839. The van der Waals surface area contributed by atoms with Gasteiger partial charge in [0, 0.05) is 23.7 Å². The quantitative estimate of drug-likeness (QED) is 0.477. The highest BCUT2D eigenvalue weighted by Crippen LogP contribution is 2.20. The van der Waals surface area contributed by atoms with Crippen molar-refractivity contribution >= 4 is 16.8 Å². The van der Waals surface area contributed by atoms with Crippen molar-refractivity contribution in [3.8, 4) is 5.75 Å². The second-order valence-corrected chi connectivity index (χ2v) is 7.73.